The van der Waals surface area contributed by atoms with Crippen LogP contribution in [0, 0.1) is 6.92 Å². The largest absolute Gasteiger partial charge is 0.416 e. The van der Waals surface area contributed by atoms with Gasteiger partial charge in [-0.15, -0.1) is 12.6 Å². The molecule has 0 aliphatic heterocycles. The Balaban J connectivity index is 0.000000791. The molecule has 0 amide bonds. The molecule has 0 saturated heterocycles. The van der Waals surface area contributed by atoms with Crippen LogP contribution in [-0.4, -0.2) is 0 Å². The maximum atomic E-state index is 12.1. The van der Waals surface area contributed by atoms with Crippen molar-refractivity contribution in [2.75, 3.05) is 0 Å². The predicted molar refractivity (Wildman–Crippen MR) is 54.8 cm³/mol. The summed E-state index contributed by atoms with van der Waals surface area (Å²) in [4.78, 5) is 0.335. The molecule has 0 nitrogen and oxygen atoms in total. The lowest BCUT2D eigenvalue weighted by Crippen LogP contribution is -2.04. The predicted octanol–water partition coefficient (Wildman–Crippen LogP) is 4.33. The lowest BCUT2D eigenvalue weighted by molar-refractivity contribution is -0.137. The molecule has 1 rings (SSSR count). The van der Waals surface area contributed by atoms with Crippen molar-refractivity contribution >= 4 is 12.6 Å². The van der Waals surface area contributed by atoms with Gasteiger partial charge in [-0.25, -0.2) is 0 Å². The summed E-state index contributed by atoms with van der Waals surface area (Å²) in [5, 5.41) is 0. The van der Waals surface area contributed by atoms with E-state index in [-0.39, 0.29) is 0 Å². The second kappa shape index (κ2) is 5.29. The highest BCUT2D eigenvalue weighted by Gasteiger charge is 2.30. The molecule has 0 N–H and O–H groups in total. The van der Waals surface area contributed by atoms with Crippen molar-refractivity contribution in [3.05, 3.63) is 29.3 Å². The lowest BCUT2D eigenvalue weighted by atomic mass is 10.1. The minimum absolute atomic E-state index is 0.335. The monoisotopic (exact) mass is 222 g/mol. The Bertz CT molecular complexity index is 272. The molecular weight excluding hydrogens is 209 g/mol. The molecule has 1 aromatic rings. The topological polar surface area (TPSA) is 0 Å². The highest BCUT2D eigenvalue weighted by Crippen LogP contribution is 2.31. The van der Waals surface area contributed by atoms with Crippen LogP contribution in [0.5, 0.6) is 0 Å². The third-order valence-electron chi connectivity index (χ3n) is 1.39. The van der Waals surface area contributed by atoms with Crippen LogP contribution in [0.4, 0.5) is 13.2 Å². The number of benzene rings is 1. The first-order valence-electron chi connectivity index (χ1n) is 4.27. The van der Waals surface area contributed by atoms with E-state index in [2.05, 4.69) is 12.6 Å². The molecule has 0 fully saturated rings. The van der Waals surface area contributed by atoms with Gasteiger partial charge in [0.05, 0.1) is 5.56 Å². The van der Waals surface area contributed by atoms with Crippen molar-refractivity contribution in [3.63, 3.8) is 0 Å². The summed E-state index contributed by atoms with van der Waals surface area (Å²) in [5.41, 5.74) is -0.0812. The first-order chi connectivity index (χ1) is 6.39. The smallest absolute Gasteiger partial charge is 0.166 e. The van der Waals surface area contributed by atoms with Gasteiger partial charge in [-0.1, -0.05) is 13.8 Å². The molecule has 0 radical (unpaired) electrons. The van der Waals surface area contributed by atoms with E-state index in [1.807, 2.05) is 13.8 Å². The summed E-state index contributed by atoms with van der Waals surface area (Å²) in [7, 11) is 0. The van der Waals surface area contributed by atoms with Gasteiger partial charge in [0, 0.05) is 4.90 Å². The molecule has 0 atom stereocenters. The summed E-state index contributed by atoms with van der Waals surface area (Å²) < 4.78 is 36.3. The standard InChI is InChI=1S/C8H7F3S.C2H6/c1-5-2-6(8(9,10)11)4-7(12)3-5;1-2/h2-4,12H,1H3;1-2H3. The number of halogens is 3. The van der Waals surface area contributed by atoms with Crippen LogP contribution in [0.1, 0.15) is 25.0 Å². The Morgan fingerprint density at radius 2 is 1.57 bits per heavy atom. The van der Waals surface area contributed by atoms with Gasteiger partial charge in [-0.05, 0) is 30.7 Å². The lowest BCUT2D eigenvalue weighted by Gasteiger charge is -2.07. The second-order valence-electron chi connectivity index (χ2n) is 2.55. The zero-order valence-corrected chi connectivity index (χ0v) is 9.21. The number of alkyl halides is 3. The van der Waals surface area contributed by atoms with Crippen molar-refractivity contribution in [1.82, 2.24) is 0 Å². The summed E-state index contributed by atoms with van der Waals surface area (Å²) in [6.07, 6.45) is -4.27. The summed E-state index contributed by atoms with van der Waals surface area (Å²) in [6.45, 7) is 5.61. The van der Waals surface area contributed by atoms with Gasteiger partial charge in [0.2, 0.25) is 0 Å². The Hall–Kier alpha value is -0.640. The van der Waals surface area contributed by atoms with E-state index in [4.69, 9.17) is 0 Å². The highest BCUT2D eigenvalue weighted by molar-refractivity contribution is 7.80. The molecule has 0 saturated carbocycles. The van der Waals surface area contributed by atoms with E-state index in [0.717, 1.165) is 12.1 Å². The molecule has 0 unspecified atom stereocenters. The maximum Gasteiger partial charge on any atom is 0.416 e. The molecule has 0 aromatic heterocycles. The fourth-order valence-electron chi connectivity index (χ4n) is 0.927. The van der Waals surface area contributed by atoms with Crippen LogP contribution in [-0.2, 0) is 6.18 Å². The van der Waals surface area contributed by atoms with Gasteiger partial charge in [-0.2, -0.15) is 13.2 Å². The molecule has 1 aromatic carbocycles. The Labute approximate surface area is 87.5 Å². The third kappa shape index (κ3) is 4.05. The van der Waals surface area contributed by atoms with Gasteiger partial charge < -0.3 is 0 Å². The van der Waals surface area contributed by atoms with Crippen molar-refractivity contribution in [1.29, 1.82) is 0 Å². The van der Waals surface area contributed by atoms with Gasteiger partial charge in [0.1, 0.15) is 0 Å². The minimum atomic E-state index is -4.27. The molecule has 80 valence electrons. The first kappa shape index (κ1) is 13.4. The van der Waals surface area contributed by atoms with E-state index in [0.29, 0.717) is 10.5 Å². The number of thiol groups is 1. The van der Waals surface area contributed by atoms with E-state index < -0.39 is 11.7 Å². The number of rotatable bonds is 0. The van der Waals surface area contributed by atoms with Crippen molar-refractivity contribution in [3.8, 4) is 0 Å². The second-order valence-corrected chi connectivity index (χ2v) is 3.07. The summed E-state index contributed by atoms with van der Waals surface area (Å²) in [6, 6.07) is 3.69. The van der Waals surface area contributed by atoms with Crippen LogP contribution in [0.15, 0.2) is 23.1 Å². The van der Waals surface area contributed by atoms with Crippen LogP contribution in [0.3, 0.4) is 0 Å². The fourth-order valence-corrected chi connectivity index (χ4v) is 1.27. The quantitative estimate of drug-likeness (QED) is 0.620. The van der Waals surface area contributed by atoms with Gasteiger partial charge >= 0.3 is 6.18 Å². The van der Waals surface area contributed by atoms with Crippen LogP contribution >= 0.6 is 12.6 Å². The summed E-state index contributed by atoms with van der Waals surface area (Å²) >= 11 is 3.86. The van der Waals surface area contributed by atoms with E-state index in [1.165, 1.54) is 0 Å². The number of hydrogen-bond donors (Lipinski definition) is 1. The van der Waals surface area contributed by atoms with E-state index in [9.17, 15) is 13.2 Å². The van der Waals surface area contributed by atoms with Crippen molar-refractivity contribution in [2.45, 2.75) is 31.8 Å². The molecule has 0 heterocycles. The van der Waals surface area contributed by atoms with Crippen LogP contribution in [0.2, 0.25) is 0 Å². The number of hydrogen-bond acceptors (Lipinski definition) is 1. The molecular formula is C10H13F3S. The number of aryl methyl sites for hydroxylation is 1. The van der Waals surface area contributed by atoms with E-state index >= 15 is 0 Å². The zero-order valence-electron chi connectivity index (χ0n) is 8.31. The zero-order chi connectivity index (χ0) is 11.4. The molecule has 4 heteroatoms. The van der Waals surface area contributed by atoms with Crippen molar-refractivity contribution < 1.29 is 13.2 Å². The van der Waals surface area contributed by atoms with E-state index in [1.54, 1.807) is 13.0 Å². The van der Waals surface area contributed by atoms with Crippen molar-refractivity contribution in [2.24, 2.45) is 0 Å². The van der Waals surface area contributed by atoms with Gasteiger partial charge in [-0.3, -0.25) is 0 Å². The highest BCUT2D eigenvalue weighted by atomic mass is 32.1. The Kier molecular flexibility index (Phi) is 5.05. The van der Waals surface area contributed by atoms with Gasteiger partial charge in [0.15, 0.2) is 0 Å². The SMILES string of the molecule is CC.Cc1cc(S)cc(C(F)(F)F)c1. The van der Waals surface area contributed by atoms with Crippen LogP contribution in [0.25, 0.3) is 0 Å². The van der Waals surface area contributed by atoms with Crippen LogP contribution < -0.4 is 0 Å². The Morgan fingerprint density at radius 1 is 1.07 bits per heavy atom. The molecule has 0 aliphatic carbocycles. The summed E-state index contributed by atoms with van der Waals surface area (Å²) in [5.74, 6) is 0. The molecule has 0 bridgehead atoms. The third-order valence-corrected chi connectivity index (χ3v) is 1.65. The minimum Gasteiger partial charge on any atom is -0.166 e. The first-order valence-corrected chi connectivity index (χ1v) is 4.72. The maximum absolute atomic E-state index is 12.1. The average Bonchev–Trinajstić information content (AvgIpc) is 2.04. The molecule has 0 spiro atoms. The average molecular weight is 222 g/mol. The Morgan fingerprint density at radius 3 is 1.93 bits per heavy atom. The normalized spacial score (nSPS) is 10.5. The van der Waals surface area contributed by atoms with Gasteiger partial charge in [0.25, 0.3) is 0 Å². The molecule has 0 aliphatic rings. The molecule has 14 heavy (non-hydrogen) atoms. The fraction of sp³-hybridized carbons (Fsp3) is 0.400.